The molecule has 0 heterocycles. The van der Waals surface area contributed by atoms with Gasteiger partial charge in [-0.05, 0) is 20.0 Å². The van der Waals surface area contributed by atoms with Crippen LogP contribution < -0.4 is 5.32 Å². The van der Waals surface area contributed by atoms with Gasteiger partial charge < -0.3 is 10.1 Å². The molecule has 1 unspecified atom stereocenters. The summed E-state index contributed by atoms with van der Waals surface area (Å²) in [4.78, 5) is 11.6. The molecule has 3 nitrogen and oxygen atoms in total. The number of ether oxygens (including phenoxy) is 1. The maximum atomic E-state index is 13.5. The lowest BCUT2D eigenvalue weighted by molar-refractivity contribution is -0.148. The first kappa shape index (κ1) is 12.6. The lowest BCUT2D eigenvalue weighted by Gasteiger charge is -2.26. The Hall–Kier alpha value is -1.49. The van der Waals surface area contributed by atoms with E-state index < -0.39 is 23.1 Å². The molecule has 1 rings (SSSR count). The van der Waals surface area contributed by atoms with Gasteiger partial charge in [0, 0.05) is 11.6 Å². The van der Waals surface area contributed by atoms with Crippen LogP contribution in [0.15, 0.2) is 18.2 Å². The van der Waals surface area contributed by atoms with Crippen LogP contribution in [-0.2, 0) is 15.1 Å². The molecule has 0 amide bonds. The third-order valence-electron chi connectivity index (χ3n) is 2.56. The third kappa shape index (κ3) is 2.04. The zero-order valence-electron chi connectivity index (χ0n) is 9.30. The highest BCUT2D eigenvalue weighted by Crippen LogP contribution is 2.25. The zero-order chi connectivity index (χ0) is 12.3. The van der Waals surface area contributed by atoms with Crippen molar-refractivity contribution >= 4 is 5.97 Å². The SMILES string of the molecule is CNC(C)(C(=O)OC)c1ccc(F)cc1F. The smallest absolute Gasteiger partial charge is 0.330 e. The summed E-state index contributed by atoms with van der Waals surface area (Å²) in [5, 5.41) is 2.67. The summed E-state index contributed by atoms with van der Waals surface area (Å²) in [6.45, 7) is 1.47. The van der Waals surface area contributed by atoms with Gasteiger partial charge in [-0.1, -0.05) is 6.07 Å². The molecule has 0 aliphatic carbocycles. The number of esters is 1. The second-order valence-electron chi connectivity index (χ2n) is 3.49. The predicted molar refractivity (Wildman–Crippen MR) is 54.8 cm³/mol. The molecule has 1 aromatic rings. The molecule has 0 aliphatic heterocycles. The number of methoxy groups -OCH3 is 1. The molecule has 0 saturated carbocycles. The number of benzene rings is 1. The minimum absolute atomic E-state index is 0.0447. The second-order valence-corrected chi connectivity index (χ2v) is 3.49. The van der Waals surface area contributed by atoms with Gasteiger partial charge in [-0.2, -0.15) is 0 Å². The van der Waals surface area contributed by atoms with Crippen molar-refractivity contribution in [3.05, 3.63) is 35.4 Å². The van der Waals surface area contributed by atoms with Crippen LogP contribution in [0.4, 0.5) is 8.78 Å². The summed E-state index contributed by atoms with van der Waals surface area (Å²) in [5.74, 6) is -2.12. The fourth-order valence-corrected chi connectivity index (χ4v) is 1.45. The number of hydrogen-bond acceptors (Lipinski definition) is 3. The Morgan fingerprint density at radius 3 is 2.50 bits per heavy atom. The van der Waals surface area contributed by atoms with Crippen molar-refractivity contribution in [3.8, 4) is 0 Å². The Bertz CT molecular complexity index is 409. The van der Waals surface area contributed by atoms with Gasteiger partial charge in [0.25, 0.3) is 0 Å². The molecule has 0 bridgehead atoms. The summed E-state index contributed by atoms with van der Waals surface area (Å²) in [6.07, 6.45) is 0. The van der Waals surface area contributed by atoms with Crippen LogP contribution in [0.25, 0.3) is 0 Å². The van der Waals surface area contributed by atoms with E-state index in [1.165, 1.54) is 27.1 Å². The van der Waals surface area contributed by atoms with Crippen LogP contribution in [0, 0.1) is 11.6 Å². The Morgan fingerprint density at radius 1 is 1.44 bits per heavy atom. The summed E-state index contributed by atoms with van der Waals surface area (Å²) < 4.78 is 30.9. The van der Waals surface area contributed by atoms with Gasteiger partial charge in [0.05, 0.1) is 7.11 Å². The van der Waals surface area contributed by atoms with Crippen LogP contribution in [0.2, 0.25) is 0 Å². The number of rotatable bonds is 3. The number of nitrogens with one attached hydrogen (secondary N) is 1. The number of hydrogen-bond donors (Lipinski definition) is 1. The van der Waals surface area contributed by atoms with Crippen molar-refractivity contribution in [2.75, 3.05) is 14.2 Å². The average molecular weight is 229 g/mol. The van der Waals surface area contributed by atoms with Crippen molar-refractivity contribution < 1.29 is 18.3 Å². The van der Waals surface area contributed by atoms with Gasteiger partial charge >= 0.3 is 5.97 Å². The Labute approximate surface area is 92.4 Å². The highest BCUT2D eigenvalue weighted by Gasteiger charge is 2.37. The molecule has 88 valence electrons. The van der Waals surface area contributed by atoms with Crippen LogP contribution in [0.3, 0.4) is 0 Å². The maximum Gasteiger partial charge on any atom is 0.330 e. The molecule has 0 spiro atoms. The number of carbonyl (C=O) groups excluding carboxylic acids is 1. The van der Waals surface area contributed by atoms with E-state index in [1.54, 1.807) is 0 Å². The first-order chi connectivity index (χ1) is 7.45. The minimum atomic E-state index is -1.33. The topological polar surface area (TPSA) is 38.3 Å². The van der Waals surface area contributed by atoms with Crippen LogP contribution >= 0.6 is 0 Å². The highest BCUT2D eigenvalue weighted by molar-refractivity contribution is 5.82. The van der Waals surface area contributed by atoms with E-state index in [0.29, 0.717) is 0 Å². The number of likely N-dealkylation sites (N-methyl/N-ethyl adjacent to an activating group) is 1. The molecule has 0 aromatic heterocycles. The van der Waals surface area contributed by atoms with Gasteiger partial charge in [0.15, 0.2) is 0 Å². The maximum absolute atomic E-state index is 13.5. The largest absolute Gasteiger partial charge is 0.467 e. The van der Waals surface area contributed by atoms with Crippen molar-refractivity contribution in [1.82, 2.24) is 5.32 Å². The van der Waals surface area contributed by atoms with Crippen molar-refractivity contribution in [2.24, 2.45) is 0 Å². The van der Waals surface area contributed by atoms with E-state index in [1.807, 2.05) is 0 Å². The van der Waals surface area contributed by atoms with Crippen molar-refractivity contribution in [1.29, 1.82) is 0 Å². The van der Waals surface area contributed by atoms with E-state index >= 15 is 0 Å². The molecule has 16 heavy (non-hydrogen) atoms. The fraction of sp³-hybridized carbons (Fsp3) is 0.364. The van der Waals surface area contributed by atoms with Crippen LogP contribution in [0.5, 0.6) is 0 Å². The van der Waals surface area contributed by atoms with Gasteiger partial charge in [-0.3, -0.25) is 0 Å². The van der Waals surface area contributed by atoms with Crippen LogP contribution in [-0.4, -0.2) is 20.1 Å². The molecule has 0 radical (unpaired) electrons. The molecule has 1 atom stereocenters. The van der Waals surface area contributed by atoms with E-state index in [2.05, 4.69) is 10.1 Å². The van der Waals surface area contributed by atoms with E-state index in [0.717, 1.165) is 12.1 Å². The van der Waals surface area contributed by atoms with Crippen LogP contribution in [0.1, 0.15) is 12.5 Å². The molecule has 0 aliphatic rings. The normalized spacial score (nSPS) is 14.3. The van der Waals surface area contributed by atoms with Gasteiger partial charge in [0.2, 0.25) is 0 Å². The first-order valence-electron chi connectivity index (χ1n) is 4.68. The van der Waals surface area contributed by atoms with Crippen molar-refractivity contribution in [3.63, 3.8) is 0 Å². The number of carbonyl (C=O) groups is 1. The first-order valence-corrected chi connectivity index (χ1v) is 4.68. The van der Waals surface area contributed by atoms with Gasteiger partial charge in [-0.25, -0.2) is 13.6 Å². The molecule has 0 fully saturated rings. The van der Waals surface area contributed by atoms with E-state index in [-0.39, 0.29) is 5.56 Å². The molecular formula is C11H13F2NO2. The number of halogens is 2. The standard InChI is InChI=1S/C11H13F2NO2/c1-11(14-2,10(15)16-3)8-5-4-7(12)6-9(8)13/h4-6,14H,1-3H3. The Balaban J connectivity index is 3.28. The third-order valence-corrected chi connectivity index (χ3v) is 2.56. The molecular weight excluding hydrogens is 216 g/mol. The quantitative estimate of drug-likeness (QED) is 0.799. The zero-order valence-corrected chi connectivity index (χ0v) is 9.30. The lowest BCUT2D eigenvalue weighted by Crippen LogP contribution is -2.46. The van der Waals surface area contributed by atoms with E-state index in [9.17, 15) is 13.6 Å². The second kappa shape index (κ2) is 4.57. The molecule has 1 aromatic carbocycles. The average Bonchev–Trinajstić information content (AvgIpc) is 2.27. The summed E-state index contributed by atoms with van der Waals surface area (Å²) >= 11 is 0. The predicted octanol–water partition coefficient (Wildman–Crippen LogP) is 1.57. The minimum Gasteiger partial charge on any atom is -0.467 e. The Morgan fingerprint density at radius 2 is 2.06 bits per heavy atom. The van der Waals surface area contributed by atoms with E-state index in [4.69, 9.17) is 0 Å². The summed E-state index contributed by atoms with van der Waals surface area (Å²) in [7, 11) is 2.71. The summed E-state index contributed by atoms with van der Waals surface area (Å²) in [6, 6.07) is 3.04. The molecule has 0 saturated heterocycles. The summed E-state index contributed by atoms with van der Waals surface area (Å²) in [5.41, 5.74) is -1.28. The fourth-order valence-electron chi connectivity index (χ4n) is 1.45. The molecule has 1 N–H and O–H groups in total. The van der Waals surface area contributed by atoms with Gasteiger partial charge in [-0.15, -0.1) is 0 Å². The van der Waals surface area contributed by atoms with Crippen molar-refractivity contribution in [2.45, 2.75) is 12.5 Å². The van der Waals surface area contributed by atoms with Gasteiger partial charge in [0.1, 0.15) is 17.2 Å². The highest BCUT2D eigenvalue weighted by atomic mass is 19.1. The Kier molecular flexibility index (Phi) is 3.59. The monoisotopic (exact) mass is 229 g/mol. The molecule has 5 heteroatoms. The lowest BCUT2D eigenvalue weighted by atomic mass is 9.91.